The molecule has 0 atom stereocenters. The van der Waals surface area contributed by atoms with E-state index in [2.05, 4.69) is 10.6 Å². The monoisotopic (exact) mass is 262 g/mol. The van der Waals surface area contributed by atoms with Crippen LogP contribution in [0.1, 0.15) is 37.0 Å². The van der Waals surface area contributed by atoms with Gasteiger partial charge in [-0.1, -0.05) is 12.1 Å². The molecule has 0 unspecified atom stereocenters. The molecule has 0 heterocycles. The number of hydrogen-bond acceptors (Lipinski definition) is 3. The Hall–Kier alpha value is -1.55. The van der Waals surface area contributed by atoms with Crippen molar-refractivity contribution in [1.82, 2.24) is 5.32 Å². The number of anilines is 1. The van der Waals surface area contributed by atoms with Gasteiger partial charge in [0.2, 0.25) is 0 Å². The van der Waals surface area contributed by atoms with Gasteiger partial charge in [0.25, 0.3) is 5.91 Å². The van der Waals surface area contributed by atoms with Gasteiger partial charge in [0.1, 0.15) is 0 Å². The SMILES string of the molecule is CCNc1ccccc1C(=O)NC1CC(OCC)C1. The second kappa shape index (κ2) is 6.57. The molecule has 1 aromatic rings. The van der Waals surface area contributed by atoms with Gasteiger partial charge in [0.05, 0.1) is 11.7 Å². The van der Waals surface area contributed by atoms with Crippen molar-refractivity contribution in [2.75, 3.05) is 18.5 Å². The van der Waals surface area contributed by atoms with Crippen LogP contribution in [0.25, 0.3) is 0 Å². The molecule has 4 nitrogen and oxygen atoms in total. The molecule has 1 aliphatic carbocycles. The largest absolute Gasteiger partial charge is 0.385 e. The summed E-state index contributed by atoms with van der Waals surface area (Å²) in [6.07, 6.45) is 2.16. The van der Waals surface area contributed by atoms with Crippen LogP contribution in [0.5, 0.6) is 0 Å². The summed E-state index contributed by atoms with van der Waals surface area (Å²) in [5.41, 5.74) is 1.60. The van der Waals surface area contributed by atoms with E-state index in [0.29, 0.717) is 11.7 Å². The lowest BCUT2D eigenvalue weighted by Gasteiger charge is -2.35. The van der Waals surface area contributed by atoms with Crippen molar-refractivity contribution in [2.24, 2.45) is 0 Å². The molecule has 2 N–H and O–H groups in total. The summed E-state index contributed by atoms with van der Waals surface area (Å²) < 4.78 is 5.49. The van der Waals surface area contributed by atoms with Crippen LogP contribution in [-0.4, -0.2) is 31.2 Å². The number of amides is 1. The molecule has 0 spiro atoms. The summed E-state index contributed by atoms with van der Waals surface area (Å²) >= 11 is 0. The van der Waals surface area contributed by atoms with Gasteiger partial charge in [0.15, 0.2) is 0 Å². The third-order valence-corrected chi connectivity index (χ3v) is 3.37. The van der Waals surface area contributed by atoms with Crippen molar-refractivity contribution in [1.29, 1.82) is 0 Å². The van der Waals surface area contributed by atoms with E-state index in [1.807, 2.05) is 38.1 Å². The lowest BCUT2D eigenvalue weighted by molar-refractivity contribution is -0.00861. The first-order valence-corrected chi connectivity index (χ1v) is 7.00. The Morgan fingerprint density at radius 1 is 1.32 bits per heavy atom. The third-order valence-electron chi connectivity index (χ3n) is 3.37. The lowest BCUT2D eigenvalue weighted by atomic mass is 9.89. The van der Waals surface area contributed by atoms with Crippen molar-refractivity contribution < 1.29 is 9.53 Å². The minimum absolute atomic E-state index is 0.00324. The lowest BCUT2D eigenvalue weighted by Crippen LogP contribution is -2.47. The normalized spacial score (nSPS) is 21.6. The first-order valence-electron chi connectivity index (χ1n) is 7.00. The van der Waals surface area contributed by atoms with Gasteiger partial charge >= 0.3 is 0 Å². The average molecular weight is 262 g/mol. The van der Waals surface area contributed by atoms with Crippen LogP contribution in [-0.2, 0) is 4.74 Å². The molecule has 1 saturated carbocycles. The van der Waals surface area contributed by atoms with Gasteiger partial charge in [-0.15, -0.1) is 0 Å². The van der Waals surface area contributed by atoms with E-state index >= 15 is 0 Å². The fourth-order valence-corrected chi connectivity index (χ4v) is 2.34. The predicted molar refractivity (Wildman–Crippen MR) is 76.5 cm³/mol. The smallest absolute Gasteiger partial charge is 0.253 e. The number of hydrogen-bond donors (Lipinski definition) is 2. The number of nitrogens with one attached hydrogen (secondary N) is 2. The van der Waals surface area contributed by atoms with Gasteiger partial charge in [-0.05, 0) is 38.8 Å². The second-order valence-corrected chi connectivity index (χ2v) is 4.80. The Balaban J connectivity index is 1.90. The molecule has 4 heteroatoms. The molecule has 0 aliphatic heterocycles. The van der Waals surface area contributed by atoms with Gasteiger partial charge in [0, 0.05) is 24.9 Å². The highest BCUT2D eigenvalue weighted by atomic mass is 16.5. The summed E-state index contributed by atoms with van der Waals surface area (Å²) in [6, 6.07) is 7.86. The van der Waals surface area contributed by atoms with Crippen molar-refractivity contribution in [3.63, 3.8) is 0 Å². The van der Waals surface area contributed by atoms with Gasteiger partial charge in [-0.3, -0.25) is 4.79 Å². The van der Waals surface area contributed by atoms with Crippen LogP contribution in [0.15, 0.2) is 24.3 Å². The zero-order valence-electron chi connectivity index (χ0n) is 11.6. The van der Waals surface area contributed by atoms with Gasteiger partial charge in [-0.25, -0.2) is 0 Å². The van der Waals surface area contributed by atoms with Gasteiger partial charge < -0.3 is 15.4 Å². The highest BCUT2D eigenvalue weighted by molar-refractivity contribution is 5.99. The molecule has 0 bridgehead atoms. The fourth-order valence-electron chi connectivity index (χ4n) is 2.34. The number of carbonyl (C=O) groups is 1. The summed E-state index contributed by atoms with van der Waals surface area (Å²) in [7, 11) is 0. The van der Waals surface area contributed by atoms with Crippen LogP contribution in [0.3, 0.4) is 0 Å². The average Bonchev–Trinajstić information content (AvgIpc) is 2.37. The molecular weight excluding hydrogens is 240 g/mol. The van der Waals surface area contributed by atoms with E-state index < -0.39 is 0 Å². The van der Waals surface area contributed by atoms with E-state index in [1.165, 1.54) is 0 Å². The Bertz CT molecular complexity index is 428. The minimum Gasteiger partial charge on any atom is -0.385 e. The second-order valence-electron chi connectivity index (χ2n) is 4.80. The first-order chi connectivity index (χ1) is 9.24. The van der Waals surface area contributed by atoms with Crippen molar-refractivity contribution >= 4 is 11.6 Å². The van der Waals surface area contributed by atoms with Gasteiger partial charge in [-0.2, -0.15) is 0 Å². The Labute approximate surface area is 114 Å². The quantitative estimate of drug-likeness (QED) is 0.827. The highest BCUT2D eigenvalue weighted by Crippen LogP contribution is 2.24. The maximum atomic E-state index is 12.2. The number of carbonyl (C=O) groups excluding carboxylic acids is 1. The molecule has 0 radical (unpaired) electrons. The van der Waals surface area contributed by atoms with Crippen LogP contribution >= 0.6 is 0 Å². The maximum absolute atomic E-state index is 12.2. The first kappa shape index (κ1) is 13.9. The highest BCUT2D eigenvalue weighted by Gasteiger charge is 2.31. The van der Waals surface area contributed by atoms with E-state index in [0.717, 1.165) is 31.7 Å². The number of ether oxygens (including phenoxy) is 1. The molecule has 0 aromatic heterocycles. The number of para-hydroxylation sites is 1. The summed E-state index contributed by atoms with van der Waals surface area (Å²) in [6.45, 7) is 5.57. The minimum atomic E-state index is -0.00324. The van der Waals surface area contributed by atoms with E-state index in [4.69, 9.17) is 4.74 Å². The van der Waals surface area contributed by atoms with Crippen LogP contribution in [0.2, 0.25) is 0 Å². The van der Waals surface area contributed by atoms with E-state index in [1.54, 1.807) is 0 Å². The number of rotatable bonds is 6. The zero-order chi connectivity index (χ0) is 13.7. The summed E-state index contributed by atoms with van der Waals surface area (Å²) in [5.74, 6) is -0.00324. The molecule has 19 heavy (non-hydrogen) atoms. The van der Waals surface area contributed by atoms with E-state index in [9.17, 15) is 4.79 Å². The Kier molecular flexibility index (Phi) is 4.80. The topological polar surface area (TPSA) is 50.4 Å². The molecule has 104 valence electrons. The summed E-state index contributed by atoms with van der Waals surface area (Å²) in [4.78, 5) is 12.2. The van der Waals surface area contributed by atoms with Crippen LogP contribution in [0, 0.1) is 0 Å². The molecule has 1 fully saturated rings. The standard InChI is InChI=1S/C15H22N2O2/c1-3-16-14-8-6-5-7-13(14)15(18)17-11-9-12(10-11)19-4-2/h5-8,11-12,16H,3-4,9-10H2,1-2H3,(H,17,18). The molecule has 1 aliphatic rings. The number of benzene rings is 1. The maximum Gasteiger partial charge on any atom is 0.253 e. The fraction of sp³-hybridized carbons (Fsp3) is 0.533. The van der Waals surface area contributed by atoms with Crippen LogP contribution in [0.4, 0.5) is 5.69 Å². The molecule has 0 saturated heterocycles. The van der Waals surface area contributed by atoms with Crippen molar-refractivity contribution in [3.05, 3.63) is 29.8 Å². The Morgan fingerprint density at radius 2 is 2.05 bits per heavy atom. The Morgan fingerprint density at radius 3 is 2.74 bits per heavy atom. The van der Waals surface area contributed by atoms with Crippen molar-refractivity contribution in [3.8, 4) is 0 Å². The molecule has 1 amide bonds. The molecule has 2 rings (SSSR count). The molecular formula is C15H22N2O2. The zero-order valence-corrected chi connectivity index (χ0v) is 11.6. The van der Waals surface area contributed by atoms with Crippen molar-refractivity contribution in [2.45, 2.75) is 38.8 Å². The molecule has 1 aromatic carbocycles. The van der Waals surface area contributed by atoms with E-state index in [-0.39, 0.29) is 11.9 Å². The summed E-state index contributed by atoms with van der Waals surface area (Å²) in [5, 5.41) is 6.27. The van der Waals surface area contributed by atoms with Crippen LogP contribution < -0.4 is 10.6 Å². The third kappa shape index (κ3) is 3.47. The predicted octanol–water partition coefficient (Wildman–Crippen LogP) is 2.42.